The summed E-state index contributed by atoms with van der Waals surface area (Å²) in [6, 6.07) is 0. The maximum absolute atomic E-state index is 10.9. The number of halogens is 1. The van der Waals surface area contributed by atoms with E-state index in [2.05, 4.69) is 9.97 Å². The van der Waals surface area contributed by atoms with Crippen molar-refractivity contribution in [1.82, 2.24) is 9.97 Å². The number of aromatic amines is 1. The summed E-state index contributed by atoms with van der Waals surface area (Å²) in [5.74, 6) is -0.971. The number of H-pyrrole nitrogens is 1. The van der Waals surface area contributed by atoms with Crippen LogP contribution in [0.2, 0.25) is 5.15 Å². The van der Waals surface area contributed by atoms with Crippen LogP contribution >= 0.6 is 11.6 Å². The van der Waals surface area contributed by atoms with Gasteiger partial charge in [-0.05, 0) is 12.5 Å². The van der Waals surface area contributed by atoms with Gasteiger partial charge in [-0.2, -0.15) is 0 Å². The molecule has 14 heavy (non-hydrogen) atoms. The highest BCUT2D eigenvalue weighted by Gasteiger charge is 2.14. The van der Waals surface area contributed by atoms with Gasteiger partial charge >= 0.3 is 5.97 Å². The minimum absolute atomic E-state index is 0.224. The number of carboxylic acid groups (broad SMARTS) is 1. The van der Waals surface area contributed by atoms with Crippen molar-refractivity contribution in [3.8, 4) is 0 Å². The van der Waals surface area contributed by atoms with Crippen LogP contribution in [0, 0.1) is 6.92 Å². The van der Waals surface area contributed by atoms with Gasteiger partial charge < -0.3 is 10.1 Å². The lowest BCUT2D eigenvalue weighted by Crippen LogP contribution is -1.95. The summed E-state index contributed by atoms with van der Waals surface area (Å²) in [6.07, 6.45) is 2.98. The minimum Gasteiger partial charge on any atom is -0.478 e. The molecule has 2 aromatic heterocycles. The van der Waals surface area contributed by atoms with Crippen LogP contribution in [0.4, 0.5) is 0 Å². The van der Waals surface area contributed by atoms with E-state index >= 15 is 0 Å². The smallest absolute Gasteiger partial charge is 0.337 e. The largest absolute Gasteiger partial charge is 0.478 e. The lowest BCUT2D eigenvalue weighted by atomic mass is 10.1. The Kier molecular flexibility index (Phi) is 1.93. The number of rotatable bonds is 1. The lowest BCUT2D eigenvalue weighted by Gasteiger charge is -1.98. The molecular formula is C9H7ClN2O2. The Balaban J connectivity index is 2.90. The predicted molar refractivity (Wildman–Crippen MR) is 52.8 cm³/mol. The molecular weight excluding hydrogens is 204 g/mol. The summed E-state index contributed by atoms with van der Waals surface area (Å²) in [4.78, 5) is 17.6. The van der Waals surface area contributed by atoms with E-state index in [1.807, 2.05) is 0 Å². The van der Waals surface area contributed by atoms with Crippen LogP contribution in [0.5, 0.6) is 0 Å². The zero-order valence-electron chi connectivity index (χ0n) is 7.34. The summed E-state index contributed by atoms with van der Waals surface area (Å²) >= 11 is 5.81. The number of carbonyl (C=O) groups is 1. The average molecular weight is 211 g/mol. The fourth-order valence-electron chi connectivity index (χ4n) is 1.45. The highest BCUT2D eigenvalue weighted by Crippen LogP contribution is 2.26. The first-order chi connectivity index (χ1) is 6.61. The molecule has 0 fully saturated rings. The monoisotopic (exact) mass is 210 g/mol. The summed E-state index contributed by atoms with van der Waals surface area (Å²) in [6.45, 7) is 1.80. The van der Waals surface area contributed by atoms with E-state index in [9.17, 15) is 4.79 Å². The van der Waals surface area contributed by atoms with E-state index in [0.29, 0.717) is 10.9 Å². The van der Waals surface area contributed by atoms with Gasteiger partial charge in [-0.15, -0.1) is 0 Å². The number of aromatic carboxylic acids is 1. The molecule has 0 radical (unpaired) electrons. The van der Waals surface area contributed by atoms with Crippen molar-refractivity contribution < 1.29 is 9.90 Å². The standard InChI is InChI=1S/C9H7ClN2O2/c1-4-2-12-8(10)7-6(4)5(3-11-7)9(13)14/h2-3,11H,1H3,(H,13,14). The number of nitrogens with one attached hydrogen (secondary N) is 1. The number of hydrogen-bond donors (Lipinski definition) is 2. The van der Waals surface area contributed by atoms with E-state index in [1.54, 1.807) is 13.1 Å². The highest BCUT2D eigenvalue weighted by atomic mass is 35.5. The topological polar surface area (TPSA) is 66.0 Å². The van der Waals surface area contributed by atoms with Gasteiger partial charge in [-0.3, -0.25) is 0 Å². The van der Waals surface area contributed by atoms with Crippen molar-refractivity contribution in [2.45, 2.75) is 6.92 Å². The third-order valence-electron chi connectivity index (χ3n) is 2.08. The highest BCUT2D eigenvalue weighted by molar-refractivity contribution is 6.34. The van der Waals surface area contributed by atoms with Gasteiger partial charge in [0.15, 0.2) is 5.15 Å². The van der Waals surface area contributed by atoms with E-state index in [0.717, 1.165) is 5.56 Å². The quantitative estimate of drug-likeness (QED) is 0.710. The van der Waals surface area contributed by atoms with Gasteiger partial charge in [0.25, 0.3) is 0 Å². The molecule has 0 saturated carbocycles. The molecule has 2 N–H and O–H groups in total. The van der Waals surface area contributed by atoms with E-state index < -0.39 is 5.97 Å². The van der Waals surface area contributed by atoms with Crippen LogP contribution < -0.4 is 0 Å². The molecule has 2 aromatic rings. The van der Waals surface area contributed by atoms with Gasteiger partial charge in [0, 0.05) is 17.8 Å². The molecule has 0 aliphatic rings. The van der Waals surface area contributed by atoms with Gasteiger partial charge in [0.05, 0.1) is 11.1 Å². The molecule has 4 nitrogen and oxygen atoms in total. The van der Waals surface area contributed by atoms with Crippen molar-refractivity contribution in [1.29, 1.82) is 0 Å². The molecule has 2 rings (SSSR count). The van der Waals surface area contributed by atoms with E-state index in [4.69, 9.17) is 16.7 Å². The molecule has 0 saturated heterocycles. The van der Waals surface area contributed by atoms with Crippen molar-refractivity contribution in [2.24, 2.45) is 0 Å². The Hall–Kier alpha value is -1.55. The Labute approximate surface area is 84.5 Å². The van der Waals surface area contributed by atoms with Crippen LogP contribution in [-0.4, -0.2) is 21.0 Å². The molecule has 72 valence electrons. The maximum Gasteiger partial charge on any atom is 0.337 e. The number of aromatic nitrogens is 2. The van der Waals surface area contributed by atoms with Crippen LogP contribution in [-0.2, 0) is 0 Å². The maximum atomic E-state index is 10.9. The lowest BCUT2D eigenvalue weighted by molar-refractivity contribution is 0.0699. The SMILES string of the molecule is Cc1cnc(Cl)c2[nH]cc(C(=O)O)c12. The zero-order valence-corrected chi connectivity index (χ0v) is 8.09. The van der Waals surface area contributed by atoms with Crippen LogP contribution in [0.25, 0.3) is 10.9 Å². The first-order valence-corrected chi connectivity index (χ1v) is 4.34. The second kappa shape index (κ2) is 2.99. The first-order valence-electron chi connectivity index (χ1n) is 3.96. The summed E-state index contributed by atoms with van der Waals surface area (Å²) < 4.78 is 0. The molecule has 5 heteroatoms. The molecule has 0 amide bonds. The summed E-state index contributed by atoms with van der Waals surface area (Å²) in [5.41, 5.74) is 1.59. The predicted octanol–water partition coefficient (Wildman–Crippen LogP) is 2.22. The fourth-order valence-corrected chi connectivity index (χ4v) is 1.64. The molecule has 2 heterocycles. The molecule has 0 aliphatic heterocycles. The Morgan fingerprint density at radius 3 is 3.00 bits per heavy atom. The Bertz CT molecular complexity index is 519. The van der Waals surface area contributed by atoms with Crippen molar-refractivity contribution >= 4 is 28.5 Å². The number of pyridine rings is 1. The van der Waals surface area contributed by atoms with Crippen LogP contribution in [0.15, 0.2) is 12.4 Å². The minimum atomic E-state index is -0.971. The van der Waals surface area contributed by atoms with E-state index in [1.165, 1.54) is 6.20 Å². The summed E-state index contributed by atoms with van der Waals surface area (Å²) in [7, 11) is 0. The average Bonchev–Trinajstić information content (AvgIpc) is 2.56. The Morgan fingerprint density at radius 1 is 1.64 bits per heavy atom. The molecule has 0 atom stereocenters. The number of nitrogens with zero attached hydrogens (tertiary/aromatic N) is 1. The van der Waals surface area contributed by atoms with Gasteiger partial charge in [0.1, 0.15) is 0 Å². The van der Waals surface area contributed by atoms with Crippen LogP contribution in [0.1, 0.15) is 15.9 Å². The molecule has 0 unspecified atom stereocenters. The van der Waals surface area contributed by atoms with Crippen molar-refractivity contribution in [3.05, 3.63) is 28.7 Å². The number of hydrogen-bond acceptors (Lipinski definition) is 2. The van der Waals surface area contributed by atoms with Crippen molar-refractivity contribution in [2.75, 3.05) is 0 Å². The summed E-state index contributed by atoms with van der Waals surface area (Å²) in [5, 5.41) is 9.82. The number of fused-ring (bicyclic) bond motifs is 1. The number of carboxylic acids is 1. The van der Waals surface area contributed by atoms with Gasteiger partial charge in [0.2, 0.25) is 0 Å². The van der Waals surface area contributed by atoms with Crippen molar-refractivity contribution in [3.63, 3.8) is 0 Å². The van der Waals surface area contributed by atoms with Crippen LogP contribution in [0.3, 0.4) is 0 Å². The van der Waals surface area contributed by atoms with E-state index in [-0.39, 0.29) is 10.7 Å². The zero-order chi connectivity index (χ0) is 10.3. The van der Waals surface area contributed by atoms with Gasteiger partial charge in [-0.1, -0.05) is 11.6 Å². The Morgan fingerprint density at radius 2 is 2.36 bits per heavy atom. The molecule has 0 aromatic carbocycles. The molecule has 0 bridgehead atoms. The normalized spacial score (nSPS) is 10.7. The third kappa shape index (κ3) is 1.15. The molecule has 0 aliphatic carbocycles. The second-order valence-corrected chi connectivity index (χ2v) is 3.35. The fraction of sp³-hybridized carbons (Fsp3) is 0.111. The van der Waals surface area contributed by atoms with Gasteiger partial charge in [-0.25, -0.2) is 9.78 Å². The number of aryl methyl sites for hydroxylation is 1. The molecule has 0 spiro atoms. The first kappa shape index (κ1) is 9.02. The second-order valence-electron chi connectivity index (χ2n) is 2.99. The third-order valence-corrected chi connectivity index (χ3v) is 2.37.